The third-order valence-corrected chi connectivity index (χ3v) is 4.78. The lowest BCUT2D eigenvalue weighted by atomic mass is 9.95. The van der Waals surface area contributed by atoms with Crippen LogP contribution in [0.2, 0.25) is 0 Å². The fraction of sp³-hybridized carbons (Fsp3) is 0.150. The molecule has 0 radical (unpaired) electrons. The Kier molecular flexibility index (Phi) is 4.37. The van der Waals surface area contributed by atoms with E-state index in [1.807, 2.05) is 6.92 Å². The van der Waals surface area contributed by atoms with E-state index in [1.54, 1.807) is 18.3 Å². The van der Waals surface area contributed by atoms with Gasteiger partial charge in [0.2, 0.25) is 0 Å². The van der Waals surface area contributed by atoms with E-state index in [1.165, 1.54) is 12.4 Å². The zero-order valence-corrected chi connectivity index (χ0v) is 15.3. The van der Waals surface area contributed by atoms with Crippen molar-refractivity contribution < 1.29 is 18.0 Å². The Balaban J connectivity index is 1.96. The monoisotopic (exact) mass is 399 g/mol. The maximum atomic E-state index is 13.3. The van der Waals surface area contributed by atoms with Gasteiger partial charge in [0, 0.05) is 17.1 Å². The van der Waals surface area contributed by atoms with Crippen LogP contribution < -0.4 is 5.73 Å². The van der Waals surface area contributed by atoms with Crippen LogP contribution in [0, 0.1) is 0 Å². The summed E-state index contributed by atoms with van der Waals surface area (Å²) in [7, 11) is 0. The van der Waals surface area contributed by atoms with E-state index in [0.29, 0.717) is 45.5 Å². The van der Waals surface area contributed by atoms with Crippen LogP contribution in [0.4, 0.5) is 13.2 Å². The Bertz CT molecular complexity index is 1220. The number of fused-ring (bicyclic) bond motifs is 1. The summed E-state index contributed by atoms with van der Waals surface area (Å²) in [6.45, 7) is 1.83. The predicted octanol–water partition coefficient (Wildman–Crippen LogP) is 4.30. The van der Waals surface area contributed by atoms with Crippen LogP contribution in [0.25, 0.3) is 33.5 Å². The summed E-state index contributed by atoms with van der Waals surface area (Å²) >= 11 is 0. The molecule has 1 amide bonds. The first-order valence-corrected chi connectivity index (χ1v) is 8.81. The van der Waals surface area contributed by atoms with Crippen molar-refractivity contribution in [1.29, 1.82) is 0 Å². The van der Waals surface area contributed by atoms with Crippen molar-refractivity contribution in [3.63, 3.8) is 0 Å². The van der Waals surface area contributed by atoms with Crippen molar-refractivity contribution in [2.75, 3.05) is 0 Å². The average molecular weight is 399 g/mol. The Morgan fingerprint density at radius 2 is 1.93 bits per heavy atom. The molecule has 9 heteroatoms. The molecule has 4 N–H and O–H groups in total. The summed E-state index contributed by atoms with van der Waals surface area (Å²) in [5.74, 6) is -0.773. The molecule has 0 bridgehead atoms. The molecular formula is C20H16F3N5O. The average Bonchev–Trinajstić information content (AvgIpc) is 3.33. The van der Waals surface area contributed by atoms with E-state index in [9.17, 15) is 18.0 Å². The standard InChI is InChI=1S/C20H16F3N5O/c1-2-10-3-4-11(20(21,22)23)7-13(10)14-8-15(28-17(14)18(24)29)16-12-5-6-25-19(12)27-9-26-16/h3-9,28H,2H2,1H3,(H2,24,29)(H,25,26,27). The van der Waals surface area contributed by atoms with Gasteiger partial charge in [-0.15, -0.1) is 0 Å². The van der Waals surface area contributed by atoms with E-state index in [2.05, 4.69) is 19.9 Å². The second-order valence-electron chi connectivity index (χ2n) is 6.52. The minimum Gasteiger partial charge on any atom is -0.364 e. The van der Waals surface area contributed by atoms with Crippen molar-refractivity contribution in [2.24, 2.45) is 5.73 Å². The van der Waals surface area contributed by atoms with Gasteiger partial charge in [0.1, 0.15) is 17.7 Å². The first-order chi connectivity index (χ1) is 13.8. The Morgan fingerprint density at radius 3 is 2.62 bits per heavy atom. The van der Waals surface area contributed by atoms with E-state index in [0.717, 1.165) is 12.1 Å². The van der Waals surface area contributed by atoms with Crippen LogP contribution in [-0.4, -0.2) is 25.8 Å². The highest BCUT2D eigenvalue weighted by molar-refractivity contribution is 6.01. The van der Waals surface area contributed by atoms with Crippen LogP contribution in [0.3, 0.4) is 0 Å². The van der Waals surface area contributed by atoms with Gasteiger partial charge in [0.25, 0.3) is 5.91 Å². The van der Waals surface area contributed by atoms with Gasteiger partial charge in [0.05, 0.1) is 17.0 Å². The van der Waals surface area contributed by atoms with Gasteiger partial charge < -0.3 is 15.7 Å². The smallest absolute Gasteiger partial charge is 0.364 e. The van der Waals surface area contributed by atoms with Gasteiger partial charge in [-0.3, -0.25) is 4.79 Å². The number of alkyl halides is 3. The number of nitrogens with two attached hydrogens (primary N) is 1. The second kappa shape index (κ2) is 6.77. The fourth-order valence-corrected chi connectivity index (χ4v) is 3.39. The molecule has 3 heterocycles. The molecule has 0 atom stereocenters. The van der Waals surface area contributed by atoms with Gasteiger partial charge in [-0.2, -0.15) is 13.2 Å². The summed E-state index contributed by atoms with van der Waals surface area (Å²) < 4.78 is 39.8. The van der Waals surface area contributed by atoms with Crippen molar-refractivity contribution in [3.8, 4) is 22.5 Å². The summed E-state index contributed by atoms with van der Waals surface area (Å²) in [6.07, 6.45) is -0.956. The number of nitrogens with one attached hydrogen (secondary N) is 2. The van der Waals surface area contributed by atoms with E-state index in [4.69, 9.17) is 5.73 Å². The molecule has 6 nitrogen and oxygen atoms in total. The maximum Gasteiger partial charge on any atom is 0.416 e. The number of benzene rings is 1. The SMILES string of the molecule is CCc1ccc(C(F)(F)F)cc1-c1cc(-c2ncnc3[nH]ccc23)[nH]c1C(N)=O. The third-order valence-electron chi connectivity index (χ3n) is 4.78. The molecule has 1 aromatic carbocycles. The van der Waals surface area contributed by atoms with Gasteiger partial charge in [-0.1, -0.05) is 13.0 Å². The minimum atomic E-state index is -4.50. The Hall–Kier alpha value is -3.62. The first kappa shape index (κ1) is 18.7. The highest BCUT2D eigenvalue weighted by atomic mass is 19.4. The maximum absolute atomic E-state index is 13.3. The van der Waals surface area contributed by atoms with Crippen molar-refractivity contribution in [3.05, 3.63) is 59.7 Å². The van der Waals surface area contributed by atoms with Crippen LogP contribution in [-0.2, 0) is 12.6 Å². The molecule has 4 rings (SSSR count). The molecule has 0 unspecified atom stereocenters. The van der Waals surface area contributed by atoms with Crippen molar-refractivity contribution >= 4 is 16.9 Å². The highest BCUT2D eigenvalue weighted by Crippen LogP contribution is 2.37. The number of carbonyl (C=O) groups is 1. The number of primary amides is 1. The van der Waals surface area contributed by atoms with Gasteiger partial charge in [-0.05, 0) is 41.8 Å². The molecule has 0 aliphatic rings. The zero-order chi connectivity index (χ0) is 20.8. The molecule has 0 saturated heterocycles. The lowest BCUT2D eigenvalue weighted by Crippen LogP contribution is -2.13. The summed E-state index contributed by atoms with van der Waals surface area (Å²) in [6, 6.07) is 6.88. The normalized spacial score (nSPS) is 11.9. The van der Waals surface area contributed by atoms with Gasteiger partial charge in [-0.25, -0.2) is 9.97 Å². The van der Waals surface area contributed by atoms with Crippen LogP contribution in [0.1, 0.15) is 28.5 Å². The number of H-pyrrole nitrogens is 2. The molecule has 29 heavy (non-hydrogen) atoms. The number of aromatic nitrogens is 4. The number of carbonyl (C=O) groups excluding carboxylic acids is 1. The largest absolute Gasteiger partial charge is 0.416 e. The predicted molar refractivity (Wildman–Crippen MR) is 102 cm³/mol. The highest BCUT2D eigenvalue weighted by Gasteiger charge is 2.31. The van der Waals surface area contributed by atoms with Crippen LogP contribution in [0.5, 0.6) is 0 Å². The molecule has 3 aromatic heterocycles. The molecule has 148 valence electrons. The number of amides is 1. The number of rotatable bonds is 4. The molecule has 0 saturated carbocycles. The van der Waals surface area contributed by atoms with E-state index >= 15 is 0 Å². The van der Waals surface area contributed by atoms with Gasteiger partial charge >= 0.3 is 6.18 Å². The van der Waals surface area contributed by atoms with Gasteiger partial charge in [0.15, 0.2) is 0 Å². The number of hydrogen-bond donors (Lipinski definition) is 3. The third kappa shape index (κ3) is 3.24. The summed E-state index contributed by atoms with van der Waals surface area (Å²) in [4.78, 5) is 26.3. The quantitative estimate of drug-likeness (QED) is 0.477. The minimum absolute atomic E-state index is 0.0244. The Morgan fingerprint density at radius 1 is 1.14 bits per heavy atom. The Labute approximate surface area is 163 Å². The first-order valence-electron chi connectivity index (χ1n) is 8.81. The van der Waals surface area contributed by atoms with Crippen molar-refractivity contribution in [2.45, 2.75) is 19.5 Å². The number of nitrogens with zero attached hydrogens (tertiary/aromatic N) is 2. The number of halogens is 3. The number of aromatic amines is 2. The summed E-state index contributed by atoms with van der Waals surface area (Å²) in [5, 5.41) is 0.705. The number of aryl methyl sites for hydroxylation is 1. The summed E-state index contributed by atoms with van der Waals surface area (Å²) in [5.41, 5.74) is 7.59. The van der Waals surface area contributed by atoms with Crippen LogP contribution in [0.15, 0.2) is 42.9 Å². The molecule has 0 spiro atoms. The molecule has 0 aliphatic heterocycles. The second-order valence-corrected chi connectivity index (χ2v) is 6.52. The van der Waals surface area contributed by atoms with E-state index < -0.39 is 17.6 Å². The topological polar surface area (TPSA) is 100 Å². The molecule has 0 fully saturated rings. The molecule has 0 aliphatic carbocycles. The lowest BCUT2D eigenvalue weighted by Gasteiger charge is -2.13. The zero-order valence-electron chi connectivity index (χ0n) is 15.3. The fourth-order valence-electron chi connectivity index (χ4n) is 3.39. The number of hydrogen-bond acceptors (Lipinski definition) is 3. The molecular weight excluding hydrogens is 383 g/mol. The van der Waals surface area contributed by atoms with Crippen molar-refractivity contribution in [1.82, 2.24) is 19.9 Å². The van der Waals surface area contributed by atoms with Crippen LogP contribution >= 0.6 is 0 Å². The lowest BCUT2D eigenvalue weighted by molar-refractivity contribution is -0.137. The molecule has 4 aromatic rings. The van der Waals surface area contributed by atoms with E-state index in [-0.39, 0.29) is 5.69 Å².